The van der Waals surface area contributed by atoms with Crippen LogP contribution < -0.4 is 5.32 Å². The van der Waals surface area contributed by atoms with Gasteiger partial charge in [-0.25, -0.2) is 0 Å². The van der Waals surface area contributed by atoms with Crippen molar-refractivity contribution < 1.29 is 4.79 Å². The van der Waals surface area contributed by atoms with Gasteiger partial charge in [-0.15, -0.1) is 0 Å². The lowest BCUT2D eigenvalue weighted by atomic mass is 10.2. The summed E-state index contributed by atoms with van der Waals surface area (Å²) in [6.45, 7) is 6.94. The van der Waals surface area contributed by atoms with Crippen LogP contribution in [-0.2, 0) is 11.3 Å². The van der Waals surface area contributed by atoms with Crippen LogP contribution in [0.5, 0.6) is 0 Å². The Hall–Kier alpha value is -2.00. The molecule has 122 valence electrons. The predicted molar refractivity (Wildman–Crippen MR) is 96.8 cm³/mol. The van der Waals surface area contributed by atoms with Gasteiger partial charge >= 0.3 is 0 Å². The highest BCUT2D eigenvalue weighted by Crippen LogP contribution is 2.19. The highest BCUT2D eigenvalue weighted by atomic mass is 35.5. The zero-order valence-corrected chi connectivity index (χ0v) is 14.6. The molecular formula is C19H23ClN2O. The Labute approximate surface area is 143 Å². The molecule has 0 fully saturated rings. The van der Waals surface area contributed by atoms with Crippen LogP contribution in [-0.4, -0.2) is 23.4 Å². The van der Waals surface area contributed by atoms with E-state index in [1.165, 1.54) is 0 Å². The van der Waals surface area contributed by atoms with E-state index in [4.69, 9.17) is 11.6 Å². The van der Waals surface area contributed by atoms with E-state index >= 15 is 0 Å². The third-order valence-corrected chi connectivity index (χ3v) is 3.99. The standard InChI is InChI=1S/C19H23ClN2O/c1-14(2)22(13-16-7-5-4-6-8-16)19(23)12-21-18-10-9-17(20)11-15(18)3/h4-11,14,21H,12-13H2,1-3H3. The molecule has 0 aromatic heterocycles. The second-order valence-corrected chi connectivity index (χ2v) is 6.35. The molecule has 2 rings (SSSR count). The number of benzene rings is 2. The quantitative estimate of drug-likeness (QED) is 0.846. The van der Waals surface area contributed by atoms with Gasteiger partial charge in [-0.3, -0.25) is 4.79 Å². The van der Waals surface area contributed by atoms with Crippen molar-refractivity contribution in [2.75, 3.05) is 11.9 Å². The number of nitrogens with zero attached hydrogens (tertiary/aromatic N) is 1. The summed E-state index contributed by atoms with van der Waals surface area (Å²) in [6, 6.07) is 15.8. The second-order valence-electron chi connectivity index (χ2n) is 5.91. The molecule has 2 aromatic rings. The van der Waals surface area contributed by atoms with Crippen LogP contribution in [0, 0.1) is 6.92 Å². The zero-order valence-electron chi connectivity index (χ0n) is 13.8. The van der Waals surface area contributed by atoms with E-state index in [2.05, 4.69) is 5.32 Å². The van der Waals surface area contributed by atoms with Crippen molar-refractivity contribution in [3.63, 3.8) is 0 Å². The zero-order chi connectivity index (χ0) is 16.8. The fourth-order valence-corrected chi connectivity index (χ4v) is 2.66. The summed E-state index contributed by atoms with van der Waals surface area (Å²) in [5, 5.41) is 3.91. The van der Waals surface area contributed by atoms with E-state index in [9.17, 15) is 4.79 Å². The number of halogens is 1. The first-order valence-electron chi connectivity index (χ1n) is 7.81. The molecule has 0 atom stereocenters. The minimum atomic E-state index is 0.0817. The van der Waals surface area contributed by atoms with Gasteiger partial charge in [0, 0.05) is 23.3 Å². The third kappa shape index (κ3) is 5.00. The van der Waals surface area contributed by atoms with Gasteiger partial charge in [0.25, 0.3) is 0 Å². The van der Waals surface area contributed by atoms with Crippen molar-refractivity contribution in [1.82, 2.24) is 4.90 Å². The van der Waals surface area contributed by atoms with Crippen LogP contribution in [0.1, 0.15) is 25.0 Å². The van der Waals surface area contributed by atoms with Gasteiger partial charge in [-0.05, 0) is 50.1 Å². The molecule has 0 spiro atoms. The summed E-state index contributed by atoms with van der Waals surface area (Å²) in [6.07, 6.45) is 0. The number of amides is 1. The second kappa shape index (κ2) is 8.02. The van der Waals surface area contributed by atoms with E-state index in [0.717, 1.165) is 16.8 Å². The van der Waals surface area contributed by atoms with E-state index in [0.29, 0.717) is 11.6 Å². The highest BCUT2D eigenvalue weighted by Gasteiger charge is 2.17. The first-order valence-corrected chi connectivity index (χ1v) is 8.18. The monoisotopic (exact) mass is 330 g/mol. The van der Waals surface area contributed by atoms with E-state index < -0.39 is 0 Å². The van der Waals surface area contributed by atoms with Crippen molar-refractivity contribution in [2.45, 2.75) is 33.4 Å². The average Bonchev–Trinajstić information content (AvgIpc) is 2.52. The van der Waals surface area contributed by atoms with Gasteiger partial charge < -0.3 is 10.2 Å². The van der Waals surface area contributed by atoms with Crippen molar-refractivity contribution in [3.05, 3.63) is 64.7 Å². The number of aryl methyl sites for hydroxylation is 1. The molecule has 1 N–H and O–H groups in total. The van der Waals surface area contributed by atoms with Gasteiger partial charge in [0.15, 0.2) is 0 Å². The Kier molecular flexibility index (Phi) is 6.05. The van der Waals surface area contributed by atoms with Gasteiger partial charge in [-0.2, -0.15) is 0 Å². The SMILES string of the molecule is Cc1cc(Cl)ccc1NCC(=O)N(Cc1ccccc1)C(C)C. The Morgan fingerprint density at radius 2 is 1.87 bits per heavy atom. The number of nitrogens with one attached hydrogen (secondary N) is 1. The Morgan fingerprint density at radius 3 is 2.48 bits per heavy atom. The van der Waals surface area contributed by atoms with Crippen molar-refractivity contribution in [2.24, 2.45) is 0 Å². The maximum atomic E-state index is 12.6. The van der Waals surface area contributed by atoms with Crippen LogP contribution in [0.2, 0.25) is 5.02 Å². The molecular weight excluding hydrogens is 308 g/mol. The molecule has 2 aromatic carbocycles. The molecule has 0 bridgehead atoms. The molecule has 0 aliphatic heterocycles. The summed E-state index contributed by atoms with van der Waals surface area (Å²) < 4.78 is 0. The first kappa shape index (κ1) is 17.4. The van der Waals surface area contributed by atoms with Crippen LogP contribution >= 0.6 is 11.6 Å². The topological polar surface area (TPSA) is 32.3 Å². The maximum Gasteiger partial charge on any atom is 0.242 e. The minimum Gasteiger partial charge on any atom is -0.376 e. The summed E-state index contributed by atoms with van der Waals surface area (Å²) in [5.74, 6) is 0.0817. The van der Waals surface area contributed by atoms with Crippen molar-refractivity contribution >= 4 is 23.2 Å². The largest absolute Gasteiger partial charge is 0.376 e. The number of anilines is 1. The minimum absolute atomic E-state index is 0.0817. The molecule has 0 aliphatic carbocycles. The lowest BCUT2D eigenvalue weighted by Crippen LogP contribution is -2.39. The molecule has 0 saturated carbocycles. The molecule has 0 aliphatic rings. The fraction of sp³-hybridized carbons (Fsp3) is 0.316. The van der Waals surface area contributed by atoms with Crippen LogP contribution in [0.15, 0.2) is 48.5 Å². The lowest BCUT2D eigenvalue weighted by Gasteiger charge is -2.27. The maximum absolute atomic E-state index is 12.6. The number of carbonyl (C=O) groups is 1. The molecule has 4 heteroatoms. The molecule has 0 heterocycles. The predicted octanol–water partition coefficient (Wildman–Crippen LogP) is 4.50. The summed E-state index contributed by atoms with van der Waals surface area (Å²) in [7, 11) is 0. The number of hydrogen-bond donors (Lipinski definition) is 1. The van der Waals surface area contributed by atoms with E-state index in [-0.39, 0.29) is 18.5 Å². The van der Waals surface area contributed by atoms with Gasteiger partial charge in [-0.1, -0.05) is 41.9 Å². The van der Waals surface area contributed by atoms with E-state index in [1.807, 2.05) is 74.2 Å². The molecule has 3 nitrogen and oxygen atoms in total. The third-order valence-electron chi connectivity index (χ3n) is 3.76. The van der Waals surface area contributed by atoms with Crippen molar-refractivity contribution in [3.8, 4) is 0 Å². The van der Waals surface area contributed by atoms with Gasteiger partial charge in [0.2, 0.25) is 5.91 Å². The number of carbonyl (C=O) groups excluding carboxylic acids is 1. The fourth-order valence-electron chi connectivity index (χ4n) is 2.44. The van der Waals surface area contributed by atoms with Crippen LogP contribution in [0.25, 0.3) is 0 Å². The molecule has 1 amide bonds. The first-order chi connectivity index (χ1) is 11.0. The van der Waals surface area contributed by atoms with E-state index in [1.54, 1.807) is 0 Å². The summed E-state index contributed by atoms with van der Waals surface area (Å²) >= 11 is 5.96. The molecule has 23 heavy (non-hydrogen) atoms. The van der Waals surface area contributed by atoms with Crippen LogP contribution in [0.4, 0.5) is 5.69 Å². The smallest absolute Gasteiger partial charge is 0.242 e. The number of rotatable bonds is 6. The Morgan fingerprint density at radius 1 is 1.17 bits per heavy atom. The normalized spacial score (nSPS) is 10.7. The summed E-state index contributed by atoms with van der Waals surface area (Å²) in [4.78, 5) is 14.5. The number of hydrogen-bond acceptors (Lipinski definition) is 2. The van der Waals surface area contributed by atoms with Crippen LogP contribution in [0.3, 0.4) is 0 Å². The highest BCUT2D eigenvalue weighted by molar-refractivity contribution is 6.30. The van der Waals surface area contributed by atoms with Gasteiger partial charge in [0.1, 0.15) is 0 Å². The molecule has 0 unspecified atom stereocenters. The Balaban J connectivity index is 2.01. The Bertz CT molecular complexity index is 656. The molecule has 0 saturated heterocycles. The lowest BCUT2D eigenvalue weighted by molar-refractivity contribution is -0.131. The van der Waals surface area contributed by atoms with Gasteiger partial charge in [0.05, 0.1) is 6.54 Å². The average molecular weight is 331 g/mol. The summed E-state index contributed by atoms with van der Waals surface area (Å²) in [5.41, 5.74) is 3.10. The molecule has 0 radical (unpaired) electrons. The van der Waals surface area contributed by atoms with Crippen molar-refractivity contribution in [1.29, 1.82) is 0 Å².